The number of aromatic nitrogens is 2. The Balaban J connectivity index is 0.00000256. The minimum absolute atomic E-state index is 0. The van der Waals surface area contributed by atoms with Crippen molar-refractivity contribution in [2.24, 2.45) is 0 Å². The maximum Gasteiger partial charge on any atom is 0.0991 e. The molecule has 0 aliphatic carbocycles. The third-order valence-electron chi connectivity index (χ3n) is 4.95. The molecule has 0 aliphatic heterocycles. The van der Waals surface area contributed by atoms with Crippen LogP contribution in [0.15, 0.2) is 79.3 Å². The fourth-order valence-electron chi connectivity index (χ4n) is 3.45. The molecule has 0 unspecified atom stereocenters. The number of hydrogen-bond donors (Lipinski definition) is 0. The van der Waals surface area contributed by atoms with E-state index >= 15 is 0 Å². The van der Waals surface area contributed by atoms with Crippen molar-refractivity contribution in [2.45, 2.75) is 19.9 Å². The molecule has 4 aromatic rings. The molecular weight excluding hydrogens is 413 g/mol. The third kappa shape index (κ3) is 5.10. The molecular formula is C25H21Cl2N3. The normalized spacial score (nSPS) is 10.3. The van der Waals surface area contributed by atoms with Crippen molar-refractivity contribution in [3.63, 3.8) is 0 Å². The van der Waals surface area contributed by atoms with E-state index in [1.165, 1.54) is 5.56 Å². The highest BCUT2D eigenvalue weighted by atomic mass is 35.5. The molecule has 4 rings (SSSR count). The molecule has 0 amide bonds. The highest BCUT2D eigenvalue weighted by molar-refractivity contribution is 6.30. The van der Waals surface area contributed by atoms with Crippen LogP contribution in [0.4, 0.5) is 0 Å². The van der Waals surface area contributed by atoms with Gasteiger partial charge in [0, 0.05) is 29.9 Å². The van der Waals surface area contributed by atoms with Crippen LogP contribution in [0, 0.1) is 18.3 Å². The van der Waals surface area contributed by atoms with Gasteiger partial charge >= 0.3 is 0 Å². The summed E-state index contributed by atoms with van der Waals surface area (Å²) in [5.41, 5.74) is 7.64. The van der Waals surface area contributed by atoms with E-state index < -0.39 is 0 Å². The molecule has 0 saturated carbocycles. The minimum atomic E-state index is 0. The second kappa shape index (κ2) is 9.63. The van der Waals surface area contributed by atoms with E-state index in [1.54, 1.807) is 0 Å². The van der Waals surface area contributed by atoms with Crippen LogP contribution in [0.5, 0.6) is 0 Å². The predicted molar refractivity (Wildman–Crippen MR) is 124 cm³/mol. The maximum atomic E-state index is 8.94. The van der Waals surface area contributed by atoms with Gasteiger partial charge in [-0.3, -0.25) is 0 Å². The lowest BCUT2D eigenvalue weighted by Crippen LogP contribution is -2.04. The summed E-state index contributed by atoms with van der Waals surface area (Å²) in [5.74, 6) is 0. The number of imidazole rings is 1. The molecule has 0 bridgehead atoms. The van der Waals surface area contributed by atoms with Crippen molar-refractivity contribution in [1.82, 2.24) is 9.55 Å². The topological polar surface area (TPSA) is 41.6 Å². The van der Waals surface area contributed by atoms with Crippen molar-refractivity contribution in [3.05, 3.63) is 112 Å². The highest BCUT2D eigenvalue weighted by Crippen LogP contribution is 2.25. The van der Waals surface area contributed by atoms with Crippen molar-refractivity contribution in [1.29, 1.82) is 5.26 Å². The number of nitriles is 1. The number of halogens is 2. The molecule has 1 heterocycles. The Kier molecular flexibility index (Phi) is 6.95. The monoisotopic (exact) mass is 433 g/mol. The standard InChI is InChI=1S/C25H20ClN3.ClH/c1-18-10-23(13-24(26)11-18)22-8-6-21(7-9-22)16-29-17-28-15-25(29)12-19-2-4-20(14-27)5-3-19;/h2-11,13,15,17H,12,16H2,1H3;1H. The van der Waals surface area contributed by atoms with Gasteiger partial charge in [0.1, 0.15) is 0 Å². The zero-order chi connectivity index (χ0) is 20.2. The molecule has 0 atom stereocenters. The van der Waals surface area contributed by atoms with Gasteiger partial charge in [0.05, 0.1) is 18.0 Å². The quantitative estimate of drug-likeness (QED) is 0.363. The summed E-state index contributed by atoms with van der Waals surface area (Å²) in [4.78, 5) is 4.33. The first-order chi connectivity index (χ1) is 14.1. The first-order valence-electron chi connectivity index (χ1n) is 9.45. The van der Waals surface area contributed by atoms with Crippen LogP contribution in [-0.4, -0.2) is 9.55 Å². The summed E-state index contributed by atoms with van der Waals surface area (Å²) in [6.07, 6.45) is 4.56. The van der Waals surface area contributed by atoms with Crippen LogP contribution in [0.1, 0.15) is 27.9 Å². The van der Waals surface area contributed by atoms with Crippen molar-refractivity contribution in [2.75, 3.05) is 0 Å². The fourth-order valence-corrected chi connectivity index (χ4v) is 3.74. The van der Waals surface area contributed by atoms with Crippen LogP contribution in [0.2, 0.25) is 5.02 Å². The molecule has 0 fully saturated rings. The summed E-state index contributed by atoms with van der Waals surface area (Å²) in [6, 6.07) is 24.5. The van der Waals surface area contributed by atoms with Gasteiger partial charge < -0.3 is 4.57 Å². The Morgan fingerprint density at radius 2 is 1.63 bits per heavy atom. The SMILES string of the molecule is Cc1cc(Cl)cc(-c2ccc(Cn3cncc3Cc3ccc(C#N)cc3)cc2)c1.Cl. The van der Waals surface area contributed by atoms with Crippen LogP contribution in [-0.2, 0) is 13.0 Å². The minimum Gasteiger partial charge on any atom is -0.330 e. The molecule has 0 aliphatic rings. The van der Waals surface area contributed by atoms with E-state index in [2.05, 4.69) is 52.9 Å². The lowest BCUT2D eigenvalue weighted by Gasteiger charge is -2.10. The first-order valence-corrected chi connectivity index (χ1v) is 9.83. The number of hydrogen-bond acceptors (Lipinski definition) is 2. The van der Waals surface area contributed by atoms with Gasteiger partial charge in [-0.05, 0) is 59.0 Å². The fraction of sp³-hybridized carbons (Fsp3) is 0.120. The van der Waals surface area contributed by atoms with Gasteiger partial charge in [0.25, 0.3) is 0 Å². The summed E-state index contributed by atoms with van der Waals surface area (Å²) in [6.45, 7) is 2.82. The molecule has 0 N–H and O–H groups in total. The average Bonchev–Trinajstić information content (AvgIpc) is 3.15. The summed E-state index contributed by atoms with van der Waals surface area (Å²) in [5, 5.41) is 9.70. The van der Waals surface area contributed by atoms with Crippen LogP contribution >= 0.6 is 24.0 Å². The Morgan fingerprint density at radius 3 is 2.30 bits per heavy atom. The molecule has 0 spiro atoms. The molecule has 3 nitrogen and oxygen atoms in total. The third-order valence-corrected chi connectivity index (χ3v) is 5.17. The maximum absolute atomic E-state index is 8.94. The molecule has 30 heavy (non-hydrogen) atoms. The van der Waals surface area contributed by atoms with Crippen molar-refractivity contribution < 1.29 is 0 Å². The van der Waals surface area contributed by atoms with E-state index in [-0.39, 0.29) is 12.4 Å². The number of benzene rings is 3. The van der Waals surface area contributed by atoms with Gasteiger partial charge in [-0.2, -0.15) is 5.26 Å². The first kappa shape index (κ1) is 21.6. The predicted octanol–water partition coefficient (Wildman–Crippen LogP) is 6.44. The van der Waals surface area contributed by atoms with Gasteiger partial charge in [0.2, 0.25) is 0 Å². The smallest absolute Gasteiger partial charge is 0.0991 e. The van der Waals surface area contributed by atoms with Crippen LogP contribution < -0.4 is 0 Å². The summed E-state index contributed by atoms with van der Waals surface area (Å²) < 4.78 is 2.16. The summed E-state index contributed by atoms with van der Waals surface area (Å²) in [7, 11) is 0. The molecule has 5 heteroatoms. The van der Waals surface area contributed by atoms with Crippen LogP contribution in [0.3, 0.4) is 0 Å². The lowest BCUT2D eigenvalue weighted by molar-refractivity contribution is 0.753. The molecule has 0 saturated heterocycles. The highest BCUT2D eigenvalue weighted by Gasteiger charge is 2.06. The molecule has 1 aromatic heterocycles. The second-order valence-corrected chi connectivity index (χ2v) is 7.65. The van der Waals surface area contributed by atoms with Gasteiger partial charge in [-0.15, -0.1) is 12.4 Å². The number of nitrogens with zero attached hydrogens (tertiary/aromatic N) is 3. The molecule has 3 aromatic carbocycles. The van der Waals surface area contributed by atoms with E-state index in [0.29, 0.717) is 5.56 Å². The van der Waals surface area contributed by atoms with E-state index in [9.17, 15) is 0 Å². The summed E-state index contributed by atoms with van der Waals surface area (Å²) >= 11 is 6.20. The average molecular weight is 434 g/mol. The number of aryl methyl sites for hydroxylation is 1. The Morgan fingerprint density at radius 1 is 0.933 bits per heavy atom. The van der Waals surface area contributed by atoms with Gasteiger partial charge in [0.15, 0.2) is 0 Å². The zero-order valence-corrected chi connectivity index (χ0v) is 18.1. The van der Waals surface area contributed by atoms with Gasteiger partial charge in [-0.25, -0.2) is 4.98 Å². The van der Waals surface area contributed by atoms with E-state index in [1.807, 2.05) is 48.9 Å². The second-order valence-electron chi connectivity index (χ2n) is 7.21. The molecule has 150 valence electrons. The van der Waals surface area contributed by atoms with Gasteiger partial charge in [-0.1, -0.05) is 54.1 Å². The van der Waals surface area contributed by atoms with E-state index in [4.69, 9.17) is 16.9 Å². The van der Waals surface area contributed by atoms with E-state index in [0.717, 1.165) is 45.9 Å². The Hall–Kier alpha value is -3.06. The zero-order valence-electron chi connectivity index (χ0n) is 16.5. The Labute approximate surface area is 188 Å². The largest absolute Gasteiger partial charge is 0.330 e. The molecule has 0 radical (unpaired) electrons. The Bertz CT molecular complexity index is 1150. The van der Waals surface area contributed by atoms with Crippen molar-refractivity contribution >= 4 is 24.0 Å². The lowest BCUT2D eigenvalue weighted by atomic mass is 10.0. The van der Waals surface area contributed by atoms with Crippen LogP contribution in [0.25, 0.3) is 11.1 Å². The number of rotatable bonds is 5. The van der Waals surface area contributed by atoms with Crippen molar-refractivity contribution in [3.8, 4) is 17.2 Å².